The average Bonchev–Trinajstić information content (AvgIpc) is 2.33. The summed E-state index contributed by atoms with van der Waals surface area (Å²) in [6.45, 7) is 13.3. The van der Waals surface area contributed by atoms with Gasteiger partial charge in [0.1, 0.15) is 0 Å². The lowest BCUT2D eigenvalue weighted by molar-refractivity contribution is 0.0938. The lowest BCUT2D eigenvalue weighted by Crippen LogP contribution is -2.47. The zero-order chi connectivity index (χ0) is 13.5. The van der Waals surface area contributed by atoms with Gasteiger partial charge in [0.25, 0.3) is 0 Å². The van der Waals surface area contributed by atoms with Crippen molar-refractivity contribution in [2.24, 2.45) is 5.41 Å². The van der Waals surface area contributed by atoms with E-state index < -0.39 is 0 Å². The first kappa shape index (κ1) is 16.9. The molecular formula is C14H32N2O. The molecule has 0 radical (unpaired) electrons. The Morgan fingerprint density at radius 1 is 1.18 bits per heavy atom. The van der Waals surface area contributed by atoms with Crippen LogP contribution in [-0.2, 0) is 0 Å². The molecule has 0 amide bonds. The number of rotatable bonds is 9. The van der Waals surface area contributed by atoms with Crippen molar-refractivity contribution >= 4 is 0 Å². The SMILES string of the molecule is CCC(CC)(CNC(C)C)CN(C)C(C)CO. The Morgan fingerprint density at radius 3 is 2.06 bits per heavy atom. The highest BCUT2D eigenvalue weighted by molar-refractivity contribution is 4.84. The Bertz CT molecular complexity index is 191. The molecule has 1 atom stereocenters. The van der Waals surface area contributed by atoms with Gasteiger partial charge in [0.15, 0.2) is 0 Å². The predicted octanol–water partition coefficient (Wildman–Crippen LogP) is 2.10. The topological polar surface area (TPSA) is 35.5 Å². The molecule has 0 heterocycles. The summed E-state index contributed by atoms with van der Waals surface area (Å²) < 4.78 is 0. The highest BCUT2D eigenvalue weighted by atomic mass is 16.3. The van der Waals surface area contributed by atoms with Crippen molar-refractivity contribution < 1.29 is 5.11 Å². The number of likely N-dealkylation sites (N-methyl/N-ethyl adjacent to an activating group) is 1. The highest BCUT2D eigenvalue weighted by Crippen LogP contribution is 2.27. The van der Waals surface area contributed by atoms with E-state index in [0.29, 0.717) is 11.5 Å². The molecule has 0 saturated carbocycles. The van der Waals surface area contributed by atoms with Crippen LogP contribution in [0.5, 0.6) is 0 Å². The van der Waals surface area contributed by atoms with Crippen molar-refractivity contribution in [2.75, 3.05) is 26.7 Å². The molecule has 0 aromatic carbocycles. The Kier molecular flexibility index (Phi) is 8.01. The van der Waals surface area contributed by atoms with Crippen LogP contribution in [0.25, 0.3) is 0 Å². The minimum absolute atomic E-state index is 0.234. The number of aliphatic hydroxyl groups is 1. The molecule has 3 nitrogen and oxygen atoms in total. The second-order valence-corrected chi connectivity index (χ2v) is 5.69. The molecular weight excluding hydrogens is 212 g/mol. The van der Waals surface area contributed by atoms with Crippen molar-refractivity contribution in [3.63, 3.8) is 0 Å². The van der Waals surface area contributed by atoms with Gasteiger partial charge in [-0.25, -0.2) is 0 Å². The van der Waals surface area contributed by atoms with Crippen LogP contribution in [0.2, 0.25) is 0 Å². The van der Waals surface area contributed by atoms with E-state index in [2.05, 4.69) is 51.9 Å². The van der Waals surface area contributed by atoms with E-state index in [9.17, 15) is 5.11 Å². The standard InChI is InChI=1S/C14H32N2O/c1-7-14(8-2,10-15-12(3)4)11-16(6)13(5)9-17/h12-13,15,17H,7-11H2,1-6H3. The number of hydrogen-bond acceptors (Lipinski definition) is 3. The third kappa shape index (κ3) is 5.84. The molecule has 0 bridgehead atoms. The maximum Gasteiger partial charge on any atom is 0.0584 e. The maximum atomic E-state index is 9.21. The van der Waals surface area contributed by atoms with E-state index in [-0.39, 0.29) is 12.6 Å². The summed E-state index contributed by atoms with van der Waals surface area (Å²) in [4.78, 5) is 2.27. The monoisotopic (exact) mass is 244 g/mol. The van der Waals surface area contributed by atoms with Crippen molar-refractivity contribution in [1.29, 1.82) is 0 Å². The lowest BCUT2D eigenvalue weighted by Gasteiger charge is -2.38. The number of nitrogens with zero attached hydrogens (tertiary/aromatic N) is 1. The second kappa shape index (κ2) is 8.06. The van der Waals surface area contributed by atoms with Crippen molar-refractivity contribution in [3.05, 3.63) is 0 Å². The van der Waals surface area contributed by atoms with Crippen molar-refractivity contribution in [2.45, 2.75) is 59.5 Å². The summed E-state index contributed by atoms with van der Waals surface area (Å²) in [6.07, 6.45) is 2.34. The van der Waals surface area contributed by atoms with Gasteiger partial charge in [-0.1, -0.05) is 27.7 Å². The first-order valence-electron chi connectivity index (χ1n) is 6.95. The van der Waals surface area contributed by atoms with Gasteiger partial charge < -0.3 is 15.3 Å². The number of aliphatic hydroxyl groups excluding tert-OH is 1. The fourth-order valence-corrected chi connectivity index (χ4v) is 2.02. The fraction of sp³-hybridized carbons (Fsp3) is 1.00. The molecule has 0 rings (SSSR count). The minimum Gasteiger partial charge on any atom is -0.395 e. The number of hydrogen-bond donors (Lipinski definition) is 2. The largest absolute Gasteiger partial charge is 0.395 e. The first-order chi connectivity index (χ1) is 7.90. The summed E-state index contributed by atoms with van der Waals surface area (Å²) in [5, 5.41) is 12.8. The Hall–Kier alpha value is -0.120. The minimum atomic E-state index is 0.234. The van der Waals surface area contributed by atoms with Crippen LogP contribution in [0.1, 0.15) is 47.5 Å². The van der Waals surface area contributed by atoms with Crippen LogP contribution >= 0.6 is 0 Å². The summed E-state index contributed by atoms with van der Waals surface area (Å²) in [5.74, 6) is 0. The molecule has 17 heavy (non-hydrogen) atoms. The third-order valence-electron chi connectivity index (χ3n) is 3.99. The Morgan fingerprint density at radius 2 is 1.71 bits per heavy atom. The van der Waals surface area contributed by atoms with Gasteiger partial charge in [-0.3, -0.25) is 0 Å². The lowest BCUT2D eigenvalue weighted by atomic mass is 9.81. The van der Waals surface area contributed by atoms with Gasteiger partial charge in [-0.2, -0.15) is 0 Å². The molecule has 0 aliphatic carbocycles. The summed E-state index contributed by atoms with van der Waals surface area (Å²) >= 11 is 0. The van der Waals surface area contributed by atoms with E-state index in [4.69, 9.17) is 0 Å². The molecule has 0 saturated heterocycles. The van der Waals surface area contributed by atoms with Gasteiger partial charge in [0.05, 0.1) is 6.61 Å². The maximum absolute atomic E-state index is 9.21. The molecule has 2 N–H and O–H groups in total. The molecule has 0 fully saturated rings. The molecule has 0 aromatic heterocycles. The van der Waals surface area contributed by atoms with Crippen LogP contribution in [0.3, 0.4) is 0 Å². The molecule has 0 aliphatic heterocycles. The van der Waals surface area contributed by atoms with Crippen LogP contribution in [0.15, 0.2) is 0 Å². The van der Waals surface area contributed by atoms with Gasteiger partial charge in [0.2, 0.25) is 0 Å². The van der Waals surface area contributed by atoms with E-state index in [1.165, 1.54) is 12.8 Å². The molecule has 104 valence electrons. The van der Waals surface area contributed by atoms with Gasteiger partial charge >= 0.3 is 0 Å². The van der Waals surface area contributed by atoms with E-state index in [1.54, 1.807) is 0 Å². The fourth-order valence-electron chi connectivity index (χ4n) is 2.02. The zero-order valence-corrected chi connectivity index (χ0v) is 12.6. The predicted molar refractivity (Wildman–Crippen MR) is 75.3 cm³/mol. The normalized spacial score (nSPS) is 14.6. The van der Waals surface area contributed by atoms with Crippen LogP contribution < -0.4 is 5.32 Å². The Labute approximate surface area is 108 Å². The Balaban J connectivity index is 4.48. The van der Waals surface area contributed by atoms with Gasteiger partial charge in [-0.05, 0) is 32.2 Å². The number of nitrogens with one attached hydrogen (secondary N) is 1. The molecule has 0 aliphatic rings. The second-order valence-electron chi connectivity index (χ2n) is 5.69. The highest BCUT2D eigenvalue weighted by Gasteiger charge is 2.28. The molecule has 3 heteroatoms. The van der Waals surface area contributed by atoms with E-state index >= 15 is 0 Å². The third-order valence-corrected chi connectivity index (χ3v) is 3.99. The summed E-state index contributed by atoms with van der Waals surface area (Å²) in [5.41, 5.74) is 0.322. The smallest absolute Gasteiger partial charge is 0.0584 e. The zero-order valence-electron chi connectivity index (χ0n) is 12.6. The van der Waals surface area contributed by atoms with Crippen LogP contribution in [0.4, 0.5) is 0 Å². The van der Waals surface area contributed by atoms with Crippen molar-refractivity contribution in [1.82, 2.24) is 10.2 Å². The molecule has 1 unspecified atom stereocenters. The van der Waals surface area contributed by atoms with E-state index in [0.717, 1.165) is 13.1 Å². The van der Waals surface area contributed by atoms with Gasteiger partial charge in [-0.15, -0.1) is 0 Å². The van der Waals surface area contributed by atoms with Crippen molar-refractivity contribution in [3.8, 4) is 0 Å². The quantitative estimate of drug-likeness (QED) is 0.652. The molecule has 0 aromatic rings. The van der Waals surface area contributed by atoms with Crippen LogP contribution in [-0.4, -0.2) is 48.8 Å². The molecule has 0 spiro atoms. The van der Waals surface area contributed by atoms with Gasteiger partial charge in [0, 0.05) is 25.2 Å². The first-order valence-corrected chi connectivity index (χ1v) is 6.95. The average molecular weight is 244 g/mol. The summed E-state index contributed by atoms with van der Waals surface area (Å²) in [7, 11) is 2.11. The summed E-state index contributed by atoms with van der Waals surface area (Å²) in [6, 6.07) is 0.777. The van der Waals surface area contributed by atoms with E-state index in [1.807, 2.05) is 0 Å². The van der Waals surface area contributed by atoms with Crippen LogP contribution in [0, 0.1) is 5.41 Å².